The van der Waals surface area contributed by atoms with Crippen molar-refractivity contribution in [2.45, 2.75) is 84.7 Å². The summed E-state index contributed by atoms with van der Waals surface area (Å²) in [6.07, 6.45) is 9.76. The van der Waals surface area contributed by atoms with Gasteiger partial charge in [-0.15, -0.1) is 0 Å². The molecular weight excluding hydrogens is 194 g/mol. The van der Waals surface area contributed by atoms with Gasteiger partial charge in [-0.25, -0.2) is 0 Å². The van der Waals surface area contributed by atoms with Crippen molar-refractivity contribution in [1.82, 2.24) is 5.32 Å². The quantitative estimate of drug-likeness (QED) is 0.678. The molecule has 16 heavy (non-hydrogen) atoms. The van der Waals surface area contributed by atoms with Crippen LogP contribution in [0.4, 0.5) is 0 Å². The summed E-state index contributed by atoms with van der Waals surface area (Å²) in [5.74, 6) is 1.82. The number of nitrogens with one attached hydrogen (secondary N) is 1. The molecule has 2 unspecified atom stereocenters. The minimum atomic E-state index is 0.733. The lowest BCUT2D eigenvalue weighted by molar-refractivity contribution is 0.301. The SMILES string of the molecule is CCC(C)CC(CC)N[C@@H](C)C1CCCC1. The third kappa shape index (κ3) is 4.45. The van der Waals surface area contributed by atoms with Gasteiger partial charge in [-0.05, 0) is 44.4 Å². The fraction of sp³-hybridized carbons (Fsp3) is 1.00. The number of hydrogen-bond donors (Lipinski definition) is 1. The second-order valence-corrected chi connectivity index (χ2v) is 5.85. The smallest absolute Gasteiger partial charge is 0.00695 e. The Balaban J connectivity index is 2.30. The van der Waals surface area contributed by atoms with Gasteiger partial charge in [0.2, 0.25) is 0 Å². The zero-order valence-electron chi connectivity index (χ0n) is 11.8. The van der Waals surface area contributed by atoms with Gasteiger partial charge < -0.3 is 5.32 Å². The summed E-state index contributed by atoms with van der Waals surface area (Å²) in [6.45, 7) is 9.40. The molecule has 96 valence electrons. The predicted molar refractivity (Wildman–Crippen MR) is 72.7 cm³/mol. The molecule has 0 heterocycles. The highest BCUT2D eigenvalue weighted by Gasteiger charge is 2.23. The molecule has 1 aliphatic rings. The molecule has 0 aromatic heterocycles. The van der Waals surface area contributed by atoms with Crippen molar-refractivity contribution in [2.75, 3.05) is 0 Å². The fourth-order valence-electron chi connectivity index (χ4n) is 2.97. The van der Waals surface area contributed by atoms with Gasteiger partial charge in [-0.1, -0.05) is 40.0 Å². The van der Waals surface area contributed by atoms with Crippen LogP contribution < -0.4 is 5.32 Å². The Kier molecular flexibility index (Phi) is 6.41. The minimum Gasteiger partial charge on any atom is -0.311 e. The molecule has 0 aromatic rings. The molecule has 0 saturated heterocycles. The van der Waals surface area contributed by atoms with Crippen LogP contribution in [0.1, 0.15) is 72.6 Å². The summed E-state index contributed by atoms with van der Waals surface area (Å²) in [5.41, 5.74) is 0. The van der Waals surface area contributed by atoms with Crippen molar-refractivity contribution in [2.24, 2.45) is 11.8 Å². The summed E-state index contributed by atoms with van der Waals surface area (Å²) < 4.78 is 0. The lowest BCUT2D eigenvalue weighted by Crippen LogP contribution is -2.40. The highest BCUT2D eigenvalue weighted by Crippen LogP contribution is 2.28. The summed E-state index contributed by atoms with van der Waals surface area (Å²) in [5, 5.41) is 3.87. The Morgan fingerprint density at radius 2 is 1.69 bits per heavy atom. The summed E-state index contributed by atoms with van der Waals surface area (Å²) >= 11 is 0. The summed E-state index contributed by atoms with van der Waals surface area (Å²) in [4.78, 5) is 0. The van der Waals surface area contributed by atoms with Crippen LogP contribution in [-0.2, 0) is 0 Å². The van der Waals surface area contributed by atoms with Crippen molar-refractivity contribution in [3.8, 4) is 0 Å². The Morgan fingerprint density at radius 3 is 2.19 bits per heavy atom. The maximum atomic E-state index is 3.87. The molecule has 0 aromatic carbocycles. The van der Waals surface area contributed by atoms with E-state index >= 15 is 0 Å². The molecule has 3 atom stereocenters. The van der Waals surface area contributed by atoms with Gasteiger partial charge in [0.05, 0.1) is 0 Å². The first-order valence-electron chi connectivity index (χ1n) is 7.43. The van der Waals surface area contributed by atoms with Crippen molar-refractivity contribution >= 4 is 0 Å². The Labute approximate surface area is 102 Å². The third-order valence-electron chi connectivity index (χ3n) is 4.48. The molecular formula is C15H31N. The van der Waals surface area contributed by atoms with E-state index in [0.29, 0.717) is 0 Å². The van der Waals surface area contributed by atoms with Crippen LogP contribution in [0.5, 0.6) is 0 Å². The Bertz CT molecular complexity index is 172. The first kappa shape index (κ1) is 14.0. The van der Waals surface area contributed by atoms with Crippen LogP contribution in [0.15, 0.2) is 0 Å². The van der Waals surface area contributed by atoms with E-state index in [0.717, 1.165) is 23.9 Å². The first-order chi connectivity index (χ1) is 7.67. The van der Waals surface area contributed by atoms with E-state index in [9.17, 15) is 0 Å². The van der Waals surface area contributed by atoms with Crippen molar-refractivity contribution in [3.05, 3.63) is 0 Å². The highest BCUT2D eigenvalue weighted by atomic mass is 14.9. The van der Waals surface area contributed by atoms with Gasteiger partial charge in [-0.2, -0.15) is 0 Å². The van der Waals surface area contributed by atoms with E-state index < -0.39 is 0 Å². The molecule has 0 bridgehead atoms. The Hall–Kier alpha value is -0.0400. The first-order valence-corrected chi connectivity index (χ1v) is 7.43. The van der Waals surface area contributed by atoms with Crippen LogP contribution in [-0.4, -0.2) is 12.1 Å². The summed E-state index contributed by atoms with van der Waals surface area (Å²) in [7, 11) is 0. The molecule has 0 radical (unpaired) electrons. The zero-order chi connectivity index (χ0) is 12.0. The van der Waals surface area contributed by atoms with E-state index in [1.54, 1.807) is 0 Å². The molecule has 1 heteroatoms. The molecule has 0 aliphatic heterocycles. The van der Waals surface area contributed by atoms with E-state index in [2.05, 4.69) is 33.0 Å². The molecule has 1 rings (SSSR count). The molecule has 1 N–H and O–H groups in total. The molecule has 1 nitrogen and oxygen atoms in total. The minimum absolute atomic E-state index is 0.733. The molecule has 0 amide bonds. The van der Waals surface area contributed by atoms with Gasteiger partial charge >= 0.3 is 0 Å². The zero-order valence-corrected chi connectivity index (χ0v) is 11.8. The van der Waals surface area contributed by atoms with Gasteiger partial charge in [0.25, 0.3) is 0 Å². The lowest BCUT2D eigenvalue weighted by Gasteiger charge is -2.28. The predicted octanol–water partition coefficient (Wildman–Crippen LogP) is 4.37. The number of rotatable bonds is 7. The van der Waals surface area contributed by atoms with Gasteiger partial charge in [0, 0.05) is 12.1 Å². The van der Waals surface area contributed by atoms with E-state index in [4.69, 9.17) is 0 Å². The maximum absolute atomic E-state index is 3.87. The van der Waals surface area contributed by atoms with Crippen LogP contribution in [0, 0.1) is 11.8 Å². The fourth-order valence-corrected chi connectivity index (χ4v) is 2.97. The van der Waals surface area contributed by atoms with Gasteiger partial charge in [0.15, 0.2) is 0 Å². The average Bonchev–Trinajstić information content (AvgIpc) is 2.81. The molecule has 0 spiro atoms. The van der Waals surface area contributed by atoms with Crippen LogP contribution in [0.3, 0.4) is 0 Å². The second kappa shape index (κ2) is 7.32. The van der Waals surface area contributed by atoms with Gasteiger partial charge in [0.1, 0.15) is 0 Å². The van der Waals surface area contributed by atoms with Crippen LogP contribution in [0.2, 0.25) is 0 Å². The van der Waals surface area contributed by atoms with Crippen LogP contribution >= 0.6 is 0 Å². The number of hydrogen-bond acceptors (Lipinski definition) is 1. The van der Waals surface area contributed by atoms with Gasteiger partial charge in [-0.3, -0.25) is 0 Å². The molecule has 1 fully saturated rings. The van der Waals surface area contributed by atoms with E-state index in [-0.39, 0.29) is 0 Å². The summed E-state index contributed by atoms with van der Waals surface area (Å²) in [6, 6.07) is 1.47. The molecule has 1 aliphatic carbocycles. The van der Waals surface area contributed by atoms with Crippen molar-refractivity contribution in [3.63, 3.8) is 0 Å². The highest BCUT2D eigenvalue weighted by molar-refractivity contribution is 4.80. The molecule has 1 saturated carbocycles. The van der Waals surface area contributed by atoms with Crippen LogP contribution in [0.25, 0.3) is 0 Å². The standard InChI is InChI=1S/C15H31N/c1-5-12(3)11-15(6-2)16-13(4)14-9-7-8-10-14/h12-16H,5-11H2,1-4H3/t12?,13-,15?/m0/s1. The topological polar surface area (TPSA) is 12.0 Å². The van der Waals surface area contributed by atoms with Crippen molar-refractivity contribution < 1.29 is 0 Å². The average molecular weight is 225 g/mol. The normalized spacial score (nSPS) is 23.2. The Morgan fingerprint density at radius 1 is 1.06 bits per heavy atom. The van der Waals surface area contributed by atoms with E-state index in [1.807, 2.05) is 0 Å². The second-order valence-electron chi connectivity index (χ2n) is 5.85. The monoisotopic (exact) mass is 225 g/mol. The lowest BCUT2D eigenvalue weighted by atomic mass is 9.94. The van der Waals surface area contributed by atoms with Crippen molar-refractivity contribution in [1.29, 1.82) is 0 Å². The third-order valence-corrected chi connectivity index (χ3v) is 4.48. The largest absolute Gasteiger partial charge is 0.311 e. The van der Waals surface area contributed by atoms with E-state index in [1.165, 1.54) is 44.9 Å². The maximum Gasteiger partial charge on any atom is 0.00695 e.